The van der Waals surface area contributed by atoms with Crippen molar-refractivity contribution in [2.45, 2.75) is 0 Å². The van der Waals surface area contributed by atoms with Gasteiger partial charge in [-0.15, -0.1) is 0 Å². The van der Waals surface area contributed by atoms with E-state index >= 15 is 0 Å². The Morgan fingerprint density at radius 2 is 2.06 bits per heavy atom. The third-order valence-corrected chi connectivity index (χ3v) is 2.18. The van der Waals surface area contributed by atoms with Gasteiger partial charge in [0.15, 0.2) is 0 Å². The molecule has 1 aromatic heterocycles. The lowest BCUT2D eigenvalue weighted by Gasteiger charge is -2.00. The summed E-state index contributed by atoms with van der Waals surface area (Å²) in [4.78, 5) is 18.4. The Kier molecular flexibility index (Phi) is 3.60. The standard InChI is InChI=1S/C12H11N5O/c13-12(18)17-16-7-9-1-3-10(4-2-9)11-5-6-14-8-15-11/h1-8H,(H3,13,17,18). The van der Waals surface area contributed by atoms with Crippen LogP contribution in [0.4, 0.5) is 4.79 Å². The van der Waals surface area contributed by atoms with Crippen molar-refractivity contribution in [1.29, 1.82) is 0 Å². The van der Waals surface area contributed by atoms with Gasteiger partial charge in [-0.05, 0) is 11.6 Å². The smallest absolute Gasteiger partial charge is 0.332 e. The van der Waals surface area contributed by atoms with Crippen molar-refractivity contribution in [1.82, 2.24) is 15.4 Å². The molecule has 2 amide bonds. The summed E-state index contributed by atoms with van der Waals surface area (Å²) < 4.78 is 0. The molecule has 0 spiro atoms. The predicted octanol–water partition coefficient (Wildman–Crippen LogP) is 1.15. The average Bonchev–Trinajstić information content (AvgIpc) is 2.40. The minimum absolute atomic E-state index is 0.691. The van der Waals surface area contributed by atoms with E-state index < -0.39 is 6.03 Å². The molecule has 1 aromatic carbocycles. The fourth-order valence-electron chi connectivity index (χ4n) is 1.37. The molecule has 0 fully saturated rings. The van der Waals surface area contributed by atoms with Crippen LogP contribution in [0, 0.1) is 0 Å². The second kappa shape index (κ2) is 5.53. The third-order valence-electron chi connectivity index (χ3n) is 2.18. The van der Waals surface area contributed by atoms with Crippen molar-refractivity contribution >= 4 is 12.2 Å². The minimum atomic E-state index is -0.691. The fourth-order valence-corrected chi connectivity index (χ4v) is 1.37. The van der Waals surface area contributed by atoms with Crippen LogP contribution in [0.15, 0.2) is 48.0 Å². The molecular formula is C12H11N5O. The SMILES string of the molecule is NC(=O)NN=Cc1ccc(-c2ccncn2)cc1. The summed E-state index contributed by atoms with van der Waals surface area (Å²) in [5.41, 5.74) is 9.69. The van der Waals surface area contributed by atoms with Gasteiger partial charge in [-0.2, -0.15) is 5.10 Å². The molecule has 0 atom stereocenters. The summed E-state index contributed by atoms with van der Waals surface area (Å²) in [6, 6.07) is 8.69. The Hall–Kier alpha value is -2.76. The Bertz CT molecular complexity index is 550. The van der Waals surface area contributed by atoms with Gasteiger partial charge in [0.2, 0.25) is 0 Å². The fraction of sp³-hybridized carbons (Fsp3) is 0. The number of carbonyl (C=O) groups is 1. The molecule has 6 heteroatoms. The second-order valence-electron chi connectivity index (χ2n) is 3.45. The highest BCUT2D eigenvalue weighted by Crippen LogP contribution is 2.15. The van der Waals surface area contributed by atoms with Gasteiger partial charge < -0.3 is 5.73 Å². The van der Waals surface area contributed by atoms with E-state index in [9.17, 15) is 4.79 Å². The minimum Gasteiger partial charge on any atom is -0.350 e. The van der Waals surface area contributed by atoms with E-state index in [2.05, 4.69) is 20.5 Å². The van der Waals surface area contributed by atoms with Crippen molar-refractivity contribution < 1.29 is 4.79 Å². The van der Waals surface area contributed by atoms with Gasteiger partial charge in [-0.25, -0.2) is 20.2 Å². The third kappa shape index (κ3) is 3.11. The molecule has 0 aliphatic rings. The van der Waals surface area contributed by atoms with E-state index in [1.807, 2.05) is 30.3 Å². The summed E-state index contributed by atoms with van der Waals surface area (Å²) in [5.74, 6) is 0. The maximum absolute atomic E-state index is 10.4. The molecule has 2 rings (SSSR count). The number of hydrogen-bond donors (Lipinski definition) is 2. The maximum Gasteiger partial charge on any atom is 0.332 e. The molecule has 0 radical (unpaired) electrons. The molecule has 90 valence electrons. The first kappa shape index (κ1) is 11.7. The molecule has 18 heavy (non-hydrogen) atoms. The van der Waals surface area contributed by atoms with Crippen LogP contribution < -0.4 is 11.2 Å². The van der Waals surface area contributed by atoms with Crippen LogP contribution in [0.3, 0.4) is 0 Å². The lowest BCUT2D eigenvalue weighted by molar-refractivity contribution is 0.249. The van der Waals surface area contributed by atoms with Crippen LogP contribution in [0.5, 0.6) is 0 Å². The van der Waals surface area contributed by atoms with Crippen LogP contribution in [-0.4, -0.2) is 22.2 Å². The second-order valence-corrected chi connectivity index (χ2v) is 3.45. The first-order valence-corrected chi connectivity index (χ1v) is 5.20. The Labute approximate surface area is 104 Å². The van der Waals surface area contributed by atoms with E-state index in [0.29, 0.717) is 0 Å². The van der Waals surface area contributed by atoms with E-state index in [1.54, 1.807) is 6.20 Å². The number of primary amides is 1. The molecule has 0 unspecified atom stereocenters. The predicted molar refractivity (Wildman–Crippen MR) is 67.8 cm³/mol. The molecule has 0 aliphatic carbocycles. The average molecular weight is 241 g/mol. The largest absolute Gasteiger partial charge is 0.350 e. The number of nitrogens with zero attached hydrogens (tertiary/aromatic N) is 3. The zero-order valence-corrected chi connectivity index (χ0v) is 9.45. The molecule has 0 bridgehead atoms. The van der Waals surface area contributed by atoms with Crippen LogP contribution in [0.2, 0.25) is 0 Å². The number of hydrazone groups is 1. The number of nitrogens with two attached hydrogens (primary N) is 1. The maximum atomic E-state index is 10.4. The van der Waals surface area contributed by atoms with Crippen molar-refractivity contribution in [2.24, 2.45) is 10.8 Å². The number of urea groups is 1. The zero-order chi connectivity index (χ0) is 12.8. The van der Waals surface area contributed by atoms with E-state index in [-0.39, 0.29) is 0 Å². The molecule has 0 saturated carbocycles. The van der Waals surface area contributed by atoms with Crippen LogP contribution >= 0.6 is 0 Å². The normalized spacial score (nSPS) is 10.4. The number of amides is 2. The van der Waals surface area contributed by atoms with E-state index in [1.165, 1.54) is 12.5 Å². The van der Waals surface area contributed by atoms with Crippen molar-refractivity contribution in [3.05, 3.63) is 48.4 Å². The Morgan fingerprint density at radius 1 is 1.28 bits per heavy atom. The molecule has 1 heterocycles. The van der Waals surface area contributed by atoms with Crippen LogP contribution in [0.1, 0.15) is 5.56 Å². The number of benzene rings is 1. The monoisotopic (exact) mass is 241 g/mol. The van der Waals surface area contributed by atoms with Gasteiger partial charge in [0, 0.05) is 11.8 Å². The summed E-state index contributed by atoms with van der Waals surface area (Å²) in [6.45, 7) is 0. The van der Waals surface area contributed by atoms with E-state index in [4.69, 9.17) is 5.73 Å². The molecule has 2 aromatic rings. The van der Waals surface area contributed by atoms with Gasteiger partial charge in [0.25, 0.3) is 0 Å². The number of aromatic nitrogens is 2. The Morgan fingerprint density at radius 3 is 2.67 bits per heavy atom. The van der Waals surface area contributed by atoms with Gasteiger partial charge in [-0.3, -0.25) is 0 Å². The quantitative estimate of drug-likeness (QED) is 0.623. The molecular weight excluding hydrogens is 230 g/mol. The summed E-state index contributed by atoms with van der Waals surface area (Å²) in [6.07, 6.45) is 4.70. The summed E-state index contributed by atoms with van der Waals surface area (Å²) >= 11 is 0. The highest BCUT2D eigenvalue weighted by Gasteiger charge is 1.97. The first-order valence-electron chi connectivity index (χ1n) is 5.20. The van der Waals surface area contributed by atoms with Crippen molar-refractivity contribution in [2.75, 3.05) is 0 Å². The highest BCUT2D eigenvalue weighted by atomic mass is 16.2. The lowest BCUT2D eigenvalue weighted by Crippen LogP contribution is -2.24. The number of hydrogen-bond acceptors (Lipinski definition) is 4. The first-order chi connectivity index (χ1) is 8.75. The molecule has 0 aliphatic heterocycles. The van der Waals surface area contributed by atoms with Crippen molar-refractivity contribution in [3.63, 3.8) is 0 Å². The number of carbonyl (C=O) groups excluding carboxylic acids is 1. The summed E-state index contributed by atoms with van der Waals surface area (Å²) in [5, 5.41) is 3.67. The van der Waals surface area contributed by atoms with Crippen molar-refractivity contribution in [3.8, 4) is 11.3 Å². The van der Waals surface area contributed by atoms with Gasteiger partial charge in [0.05, 0.1) is 11.9 Å². The number of nitrogens with one attached hydrogen (secondary N) is 1. The summed E-state index contributed by atoms with van der Waals surface area (Å²) in [7, 11) is 0. The lowest BCUT2D eigenvalue weighted by atomic mass is 10.1. The van der Waals surface area contributed by atoms with Crippen LogP contribution in [-0.2, 0) is 0 Å². The van der Waals surface area contributed by atoms with E-state index in [0.717, 1.165) is 16.8 Å². The molecule has 3 N–H and O–H groups in total. The highest BCUT2D eigenvalue weighted by molar-refractivity contribution is 5.82. The Balaban J connectivity index is 2.11. The van der Waals surface area contributed by atoms with Crippen LogP contribution in [0.25, 0.3) is 11.3 Å². The number of rotatable bonds is 3. The van der Waals surface area contributed by atoms with Gasteiger partial charge in [0.1, 0.15) is 6.33 Å². The zero-order valence-electron chi connectivity index (χ0n) is 9.45. The topological polar surface area (TPSA) is 93.3 Å². The molecule has 6 nitrogen and oxygen atoms in total. The van der Waals surface area contributed by atoms with Gasteiger partial charge in [-0.1, -0.05) is 24.3 Å². The molecule has 0 saturated heterocycles. The van der Waals surface area contributed by atoms with Gasteiger partial charge >= 0.3 is 6.03 Å².